The van der Waals surface area contributed by atoms with Crippen LogP contribution in [0.15, 0.2) is 48.9 Å². The Morgan fingerprint density at radius 3 is 2.78 bits per heavy atom. The first-order chi connectivity index (χ1) is 13.0. The Bertz CT molecular complexity index is 1100. The molecule has 1 aromatic carbocycles. The van der Waals surface area contributed by atoms with Crippen molar-refractivity contribution in [3.8, 4) is 0 Å². The number of benzene rings is 1. The van der Waals surface area contributed by atoms with Gasteiger partial charge in [-0.25, -0.2) is 9.37 Å². The summed E-state index contributed by atoms with van der Waals surface area (Å²) in [6.07, 6.45) is 5.02. The number of rotatable bonds is 4. The molecule has 0 atom stereocenters. The fraction of sp³-hybridized carbons (Fsp3) is 0.158. The number of pyridine rings is 1. The van der Waals surface area contributed by atoms with Crippen molar-refractivity contribution in [2.75, 3.05) is 4.90 Å². The third kappa shape index (κ3) is 3.19. The third-order valence-corrected chi connectivity index (χ3v) is 5.27. The summed E-state index contributed by atoms with van der Waals surface area (Å²) in [5.41, 5.74) is 2.36. The second kappa shape index (κ2) is 6.88. The molecule has 0 spiro atoms. The summed E-state index contributed by atoms with van der Waals surface area (Å²) in [4.78, 5) is 23.4. The molecule has 6 nitrogen and oxygen atoms in total. The van der Waals surface area contributed by atoms with Gasteiger partial charge in [0.25, 0.3) is 5.91 Å². The molecule has 0 saturated heterocycles. The molecule has 3 aromatic heterocycles. The molecule has 4 aromatic rings. The molecular weight excluding hydrogens is 365 g/mol. The summed E-state index contributed by atoms with van der Waals surface area (Å²) < 4.78 is 16.3. The predicted molar refractivity (Wildman–Crippen MR) is 102 cm³/mol. The first-order valence-electron chi connectivity index (χ1n) is 8.29. The maximum absolute atomic E-state index is 14.1. The largest absolute Gasteiger partial charge is 0.278 e. The van der Waals surface area contributed by atoms with E-state index in [1.807, 2.05) is 19.1 Å². The number of aryl methyl sites for hydroxylation is 2. The number of carbonyl (C=O) groups excluding carboxylic acids is 1. The first-order valence-corrected chi connectivity index (χ1v) is 9.10. The van der Waals surface area contributed by atoms with Crippen LogP contribution < -0.4 is 4.90 Å². The quantitative estimate of drug-likeness (QED) is 0.540. The topological polar surface area (TPSA) is 63.9 Å². The zero-order chi connectivity index (χ0) is 19.0. The van der Waals surface area contributed by atoms with Crippen LogP contribution in [0.25, 0.3) is 10.2 Å². The van der Waals surface area contributed by atoms with Crippen molar-refractivity contribution in [2.24, 2.45) is 7.05 Å². The molecule has 0 radical (unpaired) electrons. The monoisotopic (exact) mass is 381 g/mol. The van der Waals surface area contributed by atoms with Crippen LogP contribution in [0.4, 0.5) is 9.52 Å². The van der Waals surface area contributed by atoms with Crippen LogP contribution in [0.1, 0.15) is 21.6 Å². The molecule has 0 saturated carbocycles. The molecule has 136 valence electrons. The average molecular weight is 381 g/mol. The lowest BCUT2D eigenvalue weighted by Crippen LogP contribution is -2.32. The van der Waals surface area contributed by atoms with Gasteiger partial charge in [-0.3, -0.25) is 19.4 Å². The lowest BCUT2D eigenvalue weighted by Gasteiger charge is -2.20. The number of aromatic nitrogens is 4. The normalized spacial score (nSPS) is 11.1. The number of fused-ring (bicyclic) bond motifs is 1. The first kappa shape index (κ1) is 17.3. The highest BCUT2D eigenvalue weighted by molar-refractivity contribution is 7.22. The van der Waals surface area contributed by atoms with Crippen LogP contribution in [0.2, 0.25) is 0 Å². The molecule has 8 heteroatoms. The van der Waals surface area contributed by atoms with Crippen LogP contribution >= 0.6 is 11.3 Å². The summed E-state index contributed by atoms with van der Waals surface area (Å²) in [7, 11) is 1.72. The SMILES string of the molecule is Cc1cnn(C)c1C(=O)N(Cc1cccnc1)c1nc2c(F)cccc2s1. The Kier molecular flexibility index (Phi) is 4.41. The fourth-order valence-corrected chi connectivity index (χ4v) is 3.88. The van der Waals surface area contributed by atoms with Gasteiger partial charge in [-0.1, -0.05) is 23.5 Å². The second-order valence-electron chi connectivity index (χ2n) is 6.14. The van der Waals surface area contributed by atoms with Gasteiger partial charge in [0.2, 0.25) is 0 Å². The number of para-hydroxylation sites is 1. The van der Waals surface area contributed by atoms with E-state index in [0.717, 1.165) is 11.1 Å². The minimum absolute atomic E-state index is 0.240. The highest BCUT2D eigenvalue weighted by atomic mass is 32.1. The average Bonchev–Trinajstić information content (AvgIpc) is 3.24. The van der Waals surface area contributed by atoms with E-state index in [9.17, 15) is 9.18 Å². The van der Waals surface area contributed by atoms with Crippen LogP contribution in [0, 0.1) is 12.7 Å². The van der Waals surface area contributed by atoms with E-state index >= 15 is 0 Å². The predicted octanol–water partition coefficient (Wildman–Crippen LogP) is 3.72. The highest BCUT2D eigenvalue weighted by Crippen LogP contribution is 2.32. The van der Waals surface area contributed by atoms with Gasteiger partial charge < -0.3 is 0 Å². The molecular formula is C19H16FN5OS. The van der Waals surface area contributed by atoms with Crippen molar-refractivity contribution >= 4 is 32.6 Å². The Morgan fingerprint density at radius 1 is 1.26 bits per heavy atom. The summed E-state index contributed by atoms with van der Waals surface area (Å²) in [5, 5.41) is 4.59. The zero-order valence-electron chi connectivity index (χ0n) is 14.8. The molecule has 0 N–H and O–H groups in total. The summed E-state index contributed by atoms with van der Waals surface area (Å²) in [6, 6.07) is 8.49. The summed E-state index contributed by atoms with van der Waals surface area (Å²) in [6.45, 7) is 2.11. The van der Waals surface area contributed by atoms with E-state index in [1.165, 1.54) is 17.4 Å². The van der Waals surface area contributed by atoms with E-state index in [2.05, 4.69) is 15.1 Å². The maximum Gasteiger partial charge on any atom is 0.278 e. The fourth-order valence-electron chi connectivity index (χ4n) is 2.90. The standard InChI is InChI=1S/C19H16FN5OS/c1-12-9-22-24(2)17(12)18(26)25(11-13-5-4-8-21-10-13)19-23-16-14(20)6-3-7-15(16)27-19/h3-10H,11H2,1-2H3. The molecule has 0 fully saturated rings. The van der Waals surface area contributed by atoms with Gasteiger partial charge in [0.15, 0.2) is 5.13 Å². The molecule has 4 rings (SSSR count). The Balaban J connectivity index is 1.82. The van der Waals surface area contributed by atoms with E-state index in [1.54, 1.807) is 47.4 Å². The van der Waals surface area contributed by atoms with E-state index in [4.69, 9.17) is 0 Å². The minimum Gasteiger partial charge on any atom is -0.278 e. The number of hydrogen-bond acceptors (Lipinski definition) is 5. The van der Waals surface area contributed by atoms with Gasteiger partial charge in [-0.2, -0.15) is 5.10 Å². The number of amides is 1. The van der Waals surface area contributed by atoms with Gasteiger partial charge in [0, 0.05) is 19.4 Å². The number of hydrogen-bond donors (Lipinski definition) is 0. The van der Waals surface area contributed by atoms with E-state index in [-0.39, 0.29) is 18.0 Å². The Morgan fingerprint density at radius 2 is 2.11 bits per heavy atom. The Labute approximate surface area is 158 Å². The number of halogens is 1. The molecule has 3 heterocycles. The molecule has 1 amide bonds. The van der Waals surface area contributed by atoms with Gasteiger partial charge in [0.05, 0.1) is 17.4 Å². The number of carbonyl (C=O) groups is 1. The Hall–Kier alpha value is -3.13. The number of nitrogens with zero attached hydrogens (tertiary/aromatic N) is 5. The number of anilines is 1. The summed E-state index contributed by atoms with van der Waals surface area (Å²) >= 11 is 1.28. The van der Waals surface area contributed by atoms with Crippen LogP contribution in [0.5, 0.6) is 0 Å². The van der Waals surface area contributed by atoms with Crippen molar-refractivity contribution in [3.63, 3.8) is 0 Å². The van der Waals surface area contributed by atoms with Crippen molar-refractivity contribution in [1.82, 2.24) is 19.7 Å². The van der Waals surface area contributed by atoms with Gasteiger partial charge >= 0.3 is 0 Å². The maximum atomic E-state index is 14.1. The zero-order valence-corrected chi connectivity index (χ0v) is 15.6. The second-order valence-corrected chi connectivity index (χ2v) is 7.14. The van der Waals surface area contributed by atoms with Crippen molar-refractivity contribution in [2.45, 2.75) is 13.5 Å². The van der Waals surface area contributed by atoms with Crippen LogP contribution in [-0.2, 0) is 13.6 Å². The highest BCUT2D eigenvalue weighted by Gasteiger charge is 2.26. The molecule has 27 heavy (non-hydrogen) atoms. The molecule has 0 aliphatic rings. The van der Waals surface area contributed by atoms with Crippen molar-refractivity contribution in [1.29, 1.82) is 0 Å². The van der Waals surface area contributed by atoms with Crippen LogP contribution in [-0.4, -0.2) is 25.7 Å². The van der Waals surface area contributed by atoms with Gasteiger partial charge in [-0.15, -0.1) is 0 Å². The molecule has 0 unspecified atom stereocenters. The molecule has 0 aliphatic carbocycles. The third-order valence-electron chi connectivity index (χ3n) is 4.22. The smallest absolute Gasteiger partial charge is 0.278 e. The number of thiazole rings is 1. The molecule has 0 aliphatic heterocycles. The minimum atomic E-state index is -0.402. The lowest BCUT2D eigenvalue weighted by molar-refractivity contribution is 0.0975. The molecule has 0 bridgehead atoms. The van der Waals surface area contributed by atoms with Gasteiger partial charge in [-0.05, 0) is 36.2 Å². The van der Waals surface area contributed by atoms with E-state index in [0.29, 0.717) is 15.5 Å². The van der Waals surface area contributed by atoms with Gasteiger partial charge in [0.1, 0.15) is 17.0 Å². The van der Waals surface area contributed by atoms with Crippen molar-refractivity contribution in [3.05, 3.63) is 71.6 Å². The van der Waals surface area contributed by atoms with Crippen molar-refractivity contribution < 1.29 is 9.18 Å². The lowest BCUT2D eigenvalue weighted by atomic mass is 10.2. The summed E-state index contributed by atoms with van der Waals surface area (Å²) in [5.74, 6) is -0.642. The van der Waals surface area contributed by atoms with Crippen LogP contribution in [0.3, 0.4) is 0 Å². The van der Waals surface area contributed by atoms with E-state index < -0.39 is 5.82 Å².